The van der Waals surface area contributed by atoms with Crippen LogP contribution in [0.25, 0.3) is 11.3 Å². The van der Waals surface area contributed by atoms with E-state index in [9.17, 15) is 14.9 Å². The molecule has 0 aliphatic carbocycles. The summed E-state index contributed by atoms with van der Waals surface area (Å²) in [7, 11) is 0. The van der Waals surface area contributed by atoms with Gasteiger partial charge >= 0.3 is 0 Å². The molecule has 0 spiro atoms. The Morgan fingerprint density at radius 2 is 2.17 bits per heavy atom. The summed E-state index contributed by atoms with van der Waals surface area (Å²) in [5, 5.41) is 15.7. The highest BCUT2D eigenvalue weighted by molar-refractivity contribution is 7.13. The normalized spacial score (nSPS) is 10.5. The number of carbonyl (C=O) groups is 1. The molecule has 1 amide bonds. The fourth-order valence-corrected chi connectivity index (χ4v) is 2.66. The van der Waals surface area contributed by atoms with Crippen molar-refractivity contribution >= 4 is 39.7 Å². The molecule has 0 saturated carbocycles. The number of thiazole rings is 1. The number of halogens is 1. The Hall–Kier alpha value is -2.71. The summed E-state index contributed by atoms with van der Waals surface area (Å²) in [5.41, 5.74) is 0.345. The molecule has 0 radical (unpaired) electrons. The number of non-ortho nitro benzene ring substituents is 1. The predicted molar refractivity (Wildman–Crippen MR) is 85.9 cm³/mol. The van der Waals surface area contributed by atoms with Gasteiger partial charge in [0, 0.05) is 29.3 Å². The monoisotopic (exact) mass is 349 g/mol. The van der Waals surface area contributed by atoms with E-state index in [1.807, 2.05) is 0 Å². The van der Waals surface area contributed by atoms with Crippen molar-refractivity contribution in [3.63, 3.8) is 0 Å². The van der Waals surface area contributed by atoms with Crippen LogP contribution in [-0.2, 0) is 0 Å². The Morgan fingerprint density at radius 3 is 2.83 bits per heavy atom. The number of nitro groups is 1. The number of carbonyl (C=O) groups excluding carboxylic acids is 1. The van der Waals surface area contributed by atoms with Gasteiger partial charge in [0.25, 0.3) is 11.6 Å². The number of benzene rings is 1. The minimum atomic E-state index is -0.537. The smallest absolute Gasteiger partial charge is 0.293 e. The quantitative estimate of drug-likeness (QED) is 0.561. The molecule has 2 aromatic heterocycles. The van der Waals surface area contributed by atoms with E-state index in [-0.39, 0.29) is 16.5 Å². The van der Waals surface area contributed by atoms with Gasteiger partial charge in [-0.1, -0.05) is 11.6 Å². The molecule has 23 heavy (non-hydrogen) atoms. The number of hydrogen-bond acceptors (Lipinski definition) is 6. The summed E-state index contributed by atoms with van der Waals surface area (Å²) in [6, 6.07) is 7.09. The van der Waals surface area contributed by atoms with E-state index in [0.717, 1.165) is 0 Å². The van der Waals surface area contributed by atoms with Gasteiger partial charge in [-0.25, -0.2) is 4.98 Å². The van der Waals surface area contributed by atoms with Crippen LogP contribution in [-0.4, -0.2) is 15.8 Å². The van der Waals surface area contributed by atoms with Crippen LogP contribution < -0.4 is 5.32 Å². The summed E-state index contributed by atoms with van der Waals surface area (Å²) < 4.78 is 5.47. The number of rotatable bonds is 4. The second kappa shape index (κ2) is 6.19. The first kappa shape index (κ1) is 15.2. The topological polar surface area (TPSA) is 98.3 Å². The van der Waals surface area contributed by atoms with Gasteiger partial charge in [-0.3, -0.25) is 20.2 Å². The van der Waals surface area contributed by atoms with Crippen LogP contribution in [0.3, 0.4) is 0 Å². The van der Waals surface area contributed by atoms with Crippen LogP contribution in [0.1, 0.15) is 10.6 Å². The third-order valence-electron chi connectivity index (χ3n) is 2.91. The minimum absolute atomic E-state index is 0.0876. The highest BCUT2D eigenvalue weighted by Gasteiger charge is 2.16. The molecule has 0 unspecified atom stereocenters. The third-order valence-corrected chi connectivity index (χ3v) is 3.91. The minimum Gasteiger partial charge on any atom is -0.451 e. The zero-order valence-corrected chi connectivity index (χ0v) is 12.9. The zero-order chi connectivity index (χ0) is 16.4. The number of nitrogens with zero attached hydrogens (tertiary/aromatic N) is 2. The summed E-state index contributed by atoms with van der Waals surface area (Å²) in [6.07, 6.45) is 1.57. The van der Waals surface area contributed by atoms with Crippen molar-refractivity contribution in [2.75, 3.05) is 5.32 Å². The summed E-state index contributed by atoms with van der Waals surface area (Å²) in [6.45, 7) is 0. The molecule has 1 aromatic carbocycles. The zero-order valence-electron chi connectivity index (χ0n) is 11.4. The van der Waals surface area contributed by atoms with E-state index < -0.39 is 10.8 Å². The SMILES string of the molecule is O=C(Nc1nccs1)c1ccc(-c2ccc([N+](=O)[O-])cc2Cl)o1. The molecule has 9 heteroatoms. The number of amides is 1. The van der Waals surface area contributed by atoms with E-state index in [1.165, 1.54) is 35.6 Å². The molecule has 116 valence electrons. The molecule has 7 nitrogen and oxygen atoms in total. The highest BCUT2D eigenvalue weighted by Crippen LogP contribution is 2.32. The van der Waals surface area contributed by atoms with Crippen LogP contribution in [0, 0.1) is 10.1 Å². The van der Waals surface area contributed by atoms with Gasteiger partial charge in [-0.15, -0.1) is 11.3 Å². The number of aromatic nitrogens is 1. The number of anilines is 1. The number of nitrogens with one attached hydrogen (secondary N) is 1. The molecule has 0 aliphatic heterocycles. The van der Waals surface area contributed by atoms with Crippen molar-refractivity contribution in [2.45, 2.75) is 0 Å². The largest absolute Gasteiger partial charge is 0.451 e. The molecule has 2 heterocycles. The van der Waals surface area contributed by atoms with E-state index in [4.69, 9.17) is 16.0 Å². The van der Waals surface area contributed by atoms with Gasteiger partial charge in [0.2, 0.25) is 0 Å². The van der Waals surface area contributed by atoms with Crippen molar-refractivity contribution in [1.82, 2.24) is 4.98 Å². The maximum absolute atomic E-state index is 12.0. The van der Waals surface area contributed by atoms with Crippen molar-refractivity contribution in [3.8, 4) is 11.3 Å². The van der Waals surface area contributed by atoms with Crippen molar-refractivity contribution in [1.29, 1.82) is 0 Å². The predicted octanol–water partition coefficient (Wildman–Crippen LogP) is 4.22. The van der Waals surface area contributed by atoms with Gasteiger partial charge in [0.1, 0.15) is 5.76 Å². The second-order valence-electron chi connectivity index (χ2n) is 4.38. The van der Waals surface area contributed by atoms with Gasteiger partial charge in [-0.05, 0) is 18.2 Å². The van der Waals surface area contributed by atoms with Crippen LogP contribution in [0.4, 0.5) is 10.8 Å². The lowest BCUT2D eigenvalue weighted by molar-refractivity contribution is -0.384. The van der Waals surface area contributed by atoms with Crippen LogP contribution in [0.5, 0.6) is 0 Å². The van der Waals surface area contributed by atoms with Gasteiger partial charge < -0.3 is 4.42 Å². The van der Waals surface area contributed by atoms with Crippen LogP contribution in [0.15, 0.2) is 46.3 Å². The van der Waals surface area contributed by atoms with Crippen molar-refractivity contribution in [2.24, 2.45) is 0 Å². The summed E-state index contributed by atoms with van der Waals surface area (Å²) >= 11 is 7.32. The van der Waals surface area contributed by atoms with Crippen molar-refractivity contribution < 1.29 is 14.1 Å². The van der Waals surface area contributed by atoms with E-state index in [1.54, 1.807) is 17.6 Å². The lowest BCUT2D eigenvalue weighted by atomic mass is 10.1. The van der Waals surface area contributed by atoms with E-state index >= 15 is 0 Å². The standard InChI is InChI=1S/C14H8ClN3O4S/c15-10-7-8(18(20)21)1-2-9(10)11-3-4-12(22-11)13(19)17-14-16-5-6-23-14/h1-7H,(H,16,17,19). The third kappa shape index (κ3) is 3.22. The Morgan fingerprint density at radius 1 is 1.35 bits per heavy atom. The van der Waals surface area contributed by atoms with Gasteiger partial charge in [0.05, 0.1) is 9.95 Å². The Labute approximate surface area is 138 Å². The number of hydrogen-bond donors (Lipinski definition) is 1. The molecule has 1 N–H and O–H groups in total. The molecule has 3 aromatic rings. The second-order valence-corrected chi connectivity index (χ2v) is 5.68. The van der Waals surface area contributed by atoms with Crippen LogP contribution >= 0.6 is 22.9 Å². The van der Waals surface area contributed by atoms with Crippen LogP contribution in [0.2, 0.25) is 5.02 Å². The van der Waals surface area contributed by atoms with Gasteiger partial charge in [-0.2, -0.15) is 0 Å². The molecule has 3 rings (SSSR count). The fourth-order valence-electron chi connectivity index (χ4n) is 1.87. The molecule has 0 atom stereocenters. The first-order chi connectivity index (χ1) is 11.0. The molecule has 0 aliphatic rings. The highest BCUT2D eigenvalue weighted by atomic mass is 35.5. The fraction of sp³-hybridized carbons (Fsp3) is 0. The number of nitro benzene ring substituents is 1. The molecular weight excluding hydrogens is 342 g/mol. The summed E-state index contributed by atoms with van der Waals surface area (Å²) in [4.78, 5) is 26.1. The van der Waals surface area contributed by atoms with E-state index in [2.05, 4.69) is 10.3 Å². The molecule has 0 bridgehead atoms. The lowest BCUT2D eigenvalue weighted by Gasteiger charge is -2.01. The Kier molecular flexibility index (Phi) is 4.09. The van der Waals surface area contributed by atoms with E-state index in [0.29, 0.717) is 16.5 Å². The average Bonchev–Trinajstić information content (AvgIpc) is 3.18. The first-order valence-electron chi connectivity index (χ1n) is 6.29. The molecular formula is C14H8ClN3O4S. The Balaban J connectivity index is 1.84. The molecule has 0 saturated heterocycles. The van der Waals surface area contributed by atoms with Gasteiger partial charge in [0.15, 0.2) is 10.9 Å². The first-order valence-corrected chi connectivity index (χ1v) is 7.55. The maximum atomic E-state index is 12.0. The van der Waals surface area contributed by atoms with Crippen molar-refractivity contribution in [3.05, 3.63) is 62.8 Å². The average molecular weight is 350 g/mol. The molecule has 0 fully saturated rings. The lowest BCUT2D eigenvalue weighted by Crippen LogP contribution is -2.10. The maximum Gasteiger partial charge on any atom is 0.293 e. The summed E-state index contributed by atoms with van der Waals surface area (Å²) in [5.74, 6) is -0.0111. The Bertz CT molecular complexity index is 876. The number of furan rings is 1.